The molecule has 0 saturated heterocycles. The molecule has 0 aliphatic carbocycles. The van der Waals surface area contributed by atoms with Crippen LogP contribution in [0, 0.1) is 12.3 Å². The number of hydrogen-bond acceptors (Lipinski definition) is 2. The van der Waals surface area contributed by atoms with Gasteiger partial charge in [-0.25, -0.2) is 0 Å². The summed E-state index contributed by atoms with van der Waals surface area (Å²) in [7, 11) is 0. The second-order valence-electron chi connectivity index (χ2n) is 5.83. The van der Waals surface area contributed by atoms with Crippen LogP contribution in [0.5, 0.6) is 0 Å². The van der Waals surface area contributed by atoms with Gasteiger partial charge in [0.2, 0.25) is 0 Å². The van der Waals surface area contributed by atoms with Crippen molar-refractivity contribution in [3.63, 3.8) is 0 Å². The fourth-order valence-electron chi connectivity index (χ4n) is 1.68. The maximum Gasteiger partial charge on any atom is 0.311 e. The zero-order valence-electron chi connectivity index (χ0n) is 12.0. The summed E-state index contributed by atoms with van der Waals surface area (Å²) < 4.78 is 5.23. The first kappa shape index (κ1) is 14.7. The van der Waals surface area contributed by atoms with Crippen LogP contribution in [0.15, 0.2) is 24.3 Å². The lowest BCUT2D eigenvalue weighted by Crippen LogP contribution is -2.23. The molecular formula is C16H24O2. The lowest BCUT2D eigenvalue weighted by atomic mass is 9.97. The molecule has 0 saturated carbocycles. The summed E-state index contributed by atoms with van der Waals surface area (Å²) >= 11 is 0. The Bertz CT molecular complexity index is 388. The van der Waals surface area contributed by atoms with Crippen LogP contribution in [-0.2, 0) is 16.0 Å². The Balaban J connectivity index is 2.18. The Morgan fingerprint density at radius 2 is 1.94 bits per heavy atom. The molecule has 2 heteroatoms. The van der Waals surface area contributed by atoms with Crippen LogP contribution in [0.4, 0.5) is 0 Å². The SMILES string of the molecule is Cc1cccc(CCCCOC(=O)C(C)(C)C)c1. The molecule has 0 aliphatic rings. The molecule has 2 nitrogen and oxygen atoms in total. The van der Waals surface area contributed by atoms with Crippen LogP contribution in [0.2, 0.25) is 0 Å². The minimum atomic E-state index is -0.392. The number of rotatable bonds is 5. The average Bonchev–Trinajstić information content (AvgIpc) is 2.27. The van der Waals surface area contributed by atoms with Gasteiger partial charge in [0.05, 0.1) is 12.0 Å². The highest BCUT2D eigenvalue weighted by Crippen LogP contribution is 2.15. The molecule has 1 rings (SSSR count). The predicted molar refractivity (Wildman–Crippen MR) is 74.5 cm³/mol. The fourth-order valence-corrected chi connectivity index (χ4v) is 1.68. The predicted octanol–water partition coefficient (Wildman–Crippen LogP) is 3.91. The molecule has 100 valence electrons. The minimum Gasteiger partial charge on any atom is -0.465 e. The number of aryl methyl sites for hydroxylation is 2. The Labute approximate surface area is 110 Å². The van der Waals surface area contributed by atoms with E-state index in [1.54, 1.807) is 0 Å². The van der Waals surface area contributed by atoms with Crippen LogP contribution in [-0.4, -0.2) is 12.6 Å². The van der Waals surface area contributed by atoms with Gasteiger partial charge in [0.15, 0.2) is 0 Å². The largest absolute Gasteiger partial charge is 0.465 e. The molecule has 0 aromatic heterocycles. The molecule has 0 amide bonds. The van der Waals surface area contributed by atoms with Crippen molar-refractivity contribution in [1.29, 1.82) is 0 Å². The topological polar surface area (TPSA) is 26.3 Å². The summed E-state index contributed by atoms with van der Waals surface area (Å²) in [5.74, 6) is -0.113. The first-order valence-corrected chi connectivity index (χ1v) is 6.62. The molecule has 0 N–H and O–H groups in total. The molecule has 0 unspecified atom stereocenters. The summed E-state index contributed by atoms with van der Waals surface area (Å²) in [5, 5.41) is 0. The molecule has 0 atom stereocenters. The van der Waals surface area contributed by atoms with E-state index in [0.717, 1.165) is 19.3 Å². The zero-order valence-corrected chi connectivity index (χ0v) is 12.0. The number of esters is 1. The Morgan fingerprint density at radius 3 is 2.56 bits per heavy atom. The van der Waals surface area contributed by atoms with E-state index < -0.39 is 5.41 Å². The third-order valence-electron chi connectivity index (χ3n) is 2.79. The highest BCUT2D eigenvalue weighted by Gasteiger charge is 2.22. The third-order valence-corrected chi connectivity index (χ3v) is 2.79. The van der Waals surface area contributed by atoms with E-state index in [1.807, 2.05) is 20.8 Å². The number of carbonyl (C=O) groups excluding carboxylic acids is 1. The van der Waals surface area contributed by atoms with Crippen molar-refractivity contribution in [2.24, 2.45) is 5.41 Å². The second kappa shape index (κ2) is 6.58. The van der Waals surface area contributed by atoms with Crippen molar-refractivity contribution in [1.82, 2.24) is 0 Å². The standard InChI is InChI=1S/C16H24O2/c1-13-8-7-10-14(12-13)9-5-6-11-18-15(17)16(2,3)4/h7-8,10,12H,5-6,9,11H2,1-4H3. The van der Waals surface area contributed by atoms with Gasteiger partial charge in [0.1, 0.15) is 0 Å². The van der Waals surface area contributed by atoms with Crippen LogP contribution in [0.3, 0.4) is 0 Å². The minimum absolute atomic E-state index is 0.113. The molecule has 0 spiro atoms. The zero-order chi connectivity index (χ0) is 13.6. The summed E-state index contributed by atoms with van der Waals surface area (Å²) in [6.07, 6.45) is 3.03. The van der Waals surface area contributed by atoms with E-state index in [2.05, 4.69) is 31.2 Å². The summed E-state index contributed by atoms with van der Waals surface area (Å²) in [6.45, 7) is 8.27. The molecule has 0 heterocycles. The smallest absolute Gasteiger partial charge is 0.311 e. The van der Waals surface area contributed by atoms with E-state index in [-0.39, 0.29) is 5.97 Å². The van der Waals surface area contributed by atoms with Gasteiger partial charge in [-0.15, -0.1) is 0 Å². The van der Waals surface area contributed by atoms with Crippen molar-refractivity contribution in [3.05, 3.63) is 35.4 Å². The molecule has 18 heavy (non-hydrogen) atoms. The van der Waals surface area contributed by atoms with E-state index in [4.69, 9.17) is 4.74 Å². The maximum absolute atomic E-state index is 11.5. The van der Waals surface area contributed by atoms with Crippen LogP contribution < -0.4 is 0 Å². The van der Waals surface area contributed by atoms with E-state index in [1.165, 1.54) is 11.1 Å². The van der Waals surface area contributed by atoms with Crippen molar-refractivity contribution in [3.8, 4) is 0 Å². The number of carbonyl (C=O) groups is 1. The van der Waals surface area contributed by atoms with E-state index >= 15 is 0 Å². The van der Waals surface area contributed by atoms with Gasteiger partial charge in [0, 0.05) is 0 Å². The van der Waals surface area contributed by atoms with Gasteiger partial charge in [-0.2, -0.15) is 0 Å². The molecule has 1 aromatic carbocycles. The monoisotopic (exact) mass is 248 g/mol. The fraction of sp³-hybridized carbons (Fsp3) is 0.562. The van der Waals surface area contributed by atoms with E-state index in [9.17, 15) is 4.79 Å². The number of ether oxygens (including phenoxy) is 1. The molecule has 0 radical (unpaired) electrons. The first-order chi connectivity index (χ1) is 8.39. The van der Waals surface area contributed by atoms with Crippen molar-refractivity contribution in [2.45, 2.75) is 47.0 Å². The molecule has 0 bridgehead atoms. The second-order valence-corrected chi connectivity index (χ2v) is 5.83. The Kier molecular flexibility index (Phi) is 5.39. The van der Waals surface area contributed by atoms with Gasteiger partial charge < -0.3 is 4.74 Å². The van der Waals surface area contributed by atoms with Crippen molar-refractivity contribution >= 4 is 5.97 Å². The highest BCUT2D eigenvalue weighted by molar-refractivity contribution is 5.75. The van der Waals surface area contributed by atoms with Crippen LogP contribution in [0.25, 0.3) is 0 Å². The van der Waals surface area contributed by atoms with E-state index in [0.29, 0.717) is 6.61 Å². The lowest BCUT2D eigenvalue weighted by Gasteiger charge is -2.16. The summed E-state index contributed by atoms with van der Waals surface area (Å²) in [5.41, 5.74) is 2.26. The van der Waals surface area contributed by atoms with Crippen molar-refractivity contribution < 1.29 is 9.53 Å². The van der Waals surface area contributed by atoms with Gasteiger partial charge in [-0.05, 0) is 52.5 Å². The lowest BCUT2D eigenvalue weighted by molar-refractivity contribution is -0.153. The first-order valence-electron chi connectivity index (χ1n) is 6.62. The van der Waals surface area contributed by atoms with Gasteiger partial charge in [-0.3, -0.25) is 4.79 Å². The average molecular weight is 248 g/mol. The van der Waals surface area contributed by atoms with Gasteiger partial charge in [-0.1, -0.05) is 29.8 Å². The number of hydrogen-bond donors (Lipinski definition) is 0. The van der Waals surface area contributed by atoms with Crippen LogP contribution >= 0.6 is 0 Å². The normalized spacial score (nSPS) is 11.3. The van der Waals surface area contributed by atoms with Crippen LogP contribution in [0.1, 0.15) is 44.7 Å². The number of unbranched alkanes of at least 4 members (excludes halogenated alkanes) is 1. The highest BCUT2D eigenvalue weighted by atomic mass is 16.5. The number of benzene rings is 1. The molecule has 0 aliphatic heterocycles. The molecule has 0 fully saturated rings. The Morgan fingerprint density at radius 1 is 1.22 bits per heavy atom. The Hall–Kier alpha value is -1.31. The molecule has 1 aromatic rings. The summed E-state index contributed by atoms with van der Waals surface area (Å²) in [6, 6.07) is 8.55. The van der Waals surface area contributed by atoms with Gasteiger partial charge >= 0.3 is 5.97 Å². The maximum atomic E-state index is 11.5. The van der Waals surface area contributed by atoms with Crippen molar-refractivity contribution in [2.75, 3.05) is 6.61 Å². The third kappa shape index (κ3) is 5.35. The molecular weight excluding hydrogens is 224 g/mol. The quantitative estimate of drug-likeness (QED) is 0.583. The van der Waals surface area contributed by atoms with Gasteiger partial charge in [0.25, 0.3) is 0 Å². The summed E-state index contributed by atoms with van der Waals surface area (Å²) in [4.78, 5) is 11.5.